The van der Waals surface area contributed by atoms with Crippen LogP contribution in [0.2, 0.25) is 0 Å². The Hall–Kier alpha value is -6.66. The molecule has 53 heavy (non-hydrogen) atoms. The highest BCUT2D eigenvalue weighted by atomic mass is 15.1. The predicted molar refractivity (Wildman–Crippen MR) is 215 cm³/mol. The summed E-state index contributed by atoms with van der Waals surface area (Å²) < 4.78 is 0. The largest absolute Gasteiger partial charge is 0.310 e. The zero-order valence-corrected chi connectivity index (χ0v) is 30.7. The number of allylic oxidation sites excluding steroid dienone is 10. The van der Waals surface area contributed by atoms with Crippen molar-refractivity contribution >= 4 is 40.0 Å². The van der Waals surface area contributed by atoms with Crippen LogP contribution >= 0.6 is 0 Å². The van der Waals surface area contributed by atoms with Gasteiger partial charge >= 0.3 is 0 Å². The first kappa shape index (κ1) is 36.1. The van der Waals surface area contributed by atoms with Gasteiger partial charge in [-0.3, -0.25) is 0 Å². The van der Waals surface area contributed by atoms with Gasteiger partial charge < -0.3 is 4.90 Å². The van der Waals surface area contributed by atoms with E-state index in [4.69, 9.17) is 0 Å². The van der Waals surface area contributed by atoms with E-state index in [1.54, 1.807) is 0 Å². The molecule has 0 bridgehead atoms. The molecule has 0 aliphatic heterocycles. The van der Waals surface area contributed by atoms with Gasteiger partial charge in [-0.2, -0.15) is 21.0 Å². The van der Waals surface area contributed by atoms with Crippen molar-refractivity contribution in [3.8, 4) is 24.3 Å². The molecule has 0 unspecified atom stereocenters. The second-order valence-electron chi connectivity index (χ2n) is 15.4. The van der Waals surface area contributed by atoms with Crippen LogP contribution in [0.15, 0.2) is 149 Å². The van der Waals surface area contributed by atoms with Crippen LogP contribution < -0.4 is 4.90 Å². The van der Waals surface area contributed by atoms with E-state index in [9.17, 15) is 21.0 Å². The molecule has 2 aliphatic carbocycles. The average Bonchev–Trinajstić information content (AvgIpc) is 3.14. The summed E-state index contributed by atoms with van der Waals surface area (Å²) in [6, 6.07) is 40.1. The molecule has 0 spiro atoms. The lowest BCUT2D eigenvalue weighted by Gasteiger charge is -2.30. The third-order valence-corrected chi connectivity index (χ3v) is 9.80. The highest BCUT2D eigenvalue weighted by Crippen LogP contribution is 2.42. The first-order chi connectivity index (χ1) is 25.5. The van der Waals surface area contributed by atoms with Crippen molar-refractivity contribution in [1.82, 2.24) is 0 Å². The van der Waals surface area contributed by atoms with Crippen molar-refractivity contribution in [2.75, 3.05) is 4.90 Å². The molecule has 0 amide bonds. The molecular formula is C48H41N5. The smallest absolute Gasteiger partial charge is 0.132 e. The highest BCUT2D eigenvalue weighted by Gasteiger charge is 2.27. The minimum absolute atomic E-state index is 0.0398. The Morgan fingerprint density at radius 1 is 0.528 bits per heavy atom. The van der Waals surface area contributed by atoms with Crippen LogP contribution in [0, 0.1) is 56.2 Å². The summed E-state index contributed by atoms with van der Waals surface area (Å²) in [7, 11) is 0. The van der Waals surface area contributed by atoms with Gasteiger partial charge in [0.1, 0.15) is 35.4 Å². The Kier molecular flexibility index (Phi) is 10.4. The first-order valence-corrected chi connectivity index (χ1v) is 17.8. The molecule has 4 aromatic carbocycles. The van der Waals surface area contributed by atoms with Gasteiger partial charge in [0.15, 0.2) is 0 Å². The van der Waals surface area contributed by atoms with Gasteiger partial charge in [0.05, 0.1) is 5.69 Å². The maximum absolute atomic E-state index is 9.47. The van der Waals surface area contributed by atoms with Crippen LogP contribution in [0.5, 0.6) is 0 Å². The molecule has 0 aromatic heterocycles. The average molecular weight is 688 g/mol. The molecule has 5 heteroatoms. The molecule has 4 aromatic rings. The van der Waals surface area contributed by atoms with Crippen molar-refractivity contribution in [2.45, 2.75) is 53.4 Å². The van der Waals surface area contributed by atoms with E-state index < -0.39 is 0 Å². The zero-order valence-electron chi connectivity index (χ0n) is 30.7. The van der Waals surface area contributed by atoms with E-state index in [0.717, 1.165) is 74.1 Å². The van der Waals surface area contributed by atoms with Crippen LogP contribution in [0.3, 0.4) is 0 Å². The number of hydrogen-bond acceptors (Lipinski definition) is 5. The lowest BCUT2D eigenvalue weighted by atomic mass is 9.74. The first-order valence-electron chi connectivity index (χ1n) is 17.8. The number of anilines is 3. The fourth-order valence-corrected chi connectivity index (χ4v) is 7.49. The minimum atomic E-state index is -0.0398. The van der Waals surface area contributed by atoms with Crippen LogP contribution in [0.4, 0.5) is 17.1 Å². The standard InChI is InChI=1S/C48H41N5/c1-47(2)26-36(24-39(28-47)41(30-49)31-50)14-12-34-16-20-43(21-17-34)53(46-11-7-9-38-8-5-6-10-45(38)46)44-22-18-35(19-23-44)13-15-37-25-40(42(32-51)33-52)29-48(3,4)27-37/h5-25H,26-29H2,1-4H3/b14-12+,15-13+. The highest BCUT2D eigenvalue weighted by molar-refractivity contribution is 5.99. The van der Waals surface area contributed by atoms with Gasteiger partial charge in [0, 0.05) is 16.8 Å². The summed E-state index contributed by atoms with van der Waals surface area (Å²) >= 11 is 0. The lowest BCUT2D eigenvalue weighted by molar-refractivity contribution is 0.354. The summed E-state index contributed by atoms with van der Waals surface area (Å²) in [5.41, 5.74) is 9.35. The summed E-state index contributed by atoms with van der Waals surface area (Å²) in [6.07, 6.45) is 15.5. The molecule has 2 aliphatic rings. The van der Waals surface area contributed by atoms with Gasteiger partial charge in [0.25, 0.3) is 0 Å². The second kappa shape index (κ2) is 15.3. The molecule has 0 atom stereocenters. The number of nitrogens with zero attached hydrogens (tertiary/aromatic N) is 5. The van der Waals surface area contributed by atoms with Crippen LogP contribution in [0.25, 0.3) is 22.9 Å². The van der Waals surface area contributed by atoms with Gasteiger partial charge in [-0.05, 0) is 106 Å². The summed E-state index contributed by atoms with van der Waals surface area (Å²) in [5.74, 6) is 0. The van der Waals surface area contributed by atoms with E-state index in [1.807, 2.05) is 12.2 Å². The molecular weight excluding hydrogens is 647 g/mol. The van der Waals surface area contributed by atoms with Gasteiger partial charge in [0.2, 0.25) is 0 Å². The van der Waals surface area contributed by atoms with E-state index in [-0.39, 0.29) is 22.0 Å². The number of nitriles is 4. The molecule has 0 fully saturated rings. The van der Waals surface area contributed by atoms with E-state index >= 15 is 0 Å². The van der Waals surface area contributed by atoms with E-state index in [0.29, 0.717) is 12.8 Å². The molecule has 0 saturated heterocycles. The van der Waals surface area contributed by atoms with Gasteiger partial charge in [-0.15, -0.1) is 0 Å². The Morgan fingerprint density at radius 2 is 0.962 bits per heavy atom. The maximum atomic E-state index is 9.47. The SMILES string of the molecule is CC1(C)CC(/C=C/c2ccc(N(c3ccc(/C=C/C4=CC(=C(C#N)C#N)CC(C)(C)C4)cc3)c3cccc4ccccc34)cc2)=CC(=C(C#N)C#N)C1. The number of rotatable bonds is 7. The van der Waals surface area contributed by atoms with Crippen molar-refractivity contribution < 1.29 is 0 Å². The third-order valence-electron chi connectivity index (χ3n) is 9.80. The van der Waals surface area contributed by atoms with Crippen molar-refractivity contribution in [2.24, 2.45) is 10.8 Å². The Balaban J connectivity index is 1.32. The lowest BCUT2D eigenvalue weighted by Crippen LogP contribution is -2.17. The third kappa shape index (κ3) is 8.46. The number of hydrogen-bond donors (Lipinski definition) is 0. The van der Waals surface area contributed by atoms with Crippen LogP contribution in [-0.4, -0.2) is 0 Å². The molecule has 0 saturated carbocycles. The fourth-order valence-electron chi connectivity index (χ4n) is 7.49. The monoisotopic (exact) mass is 687 g/mol. The maximum Gasteiger partial charge on any atom is 0.132 e. The summed E-state index contributed by atoms with van der Waals surface area (Å²) in [6.45, 7) is 8.69. The predicted octanol–water partition coefficient (Wildman–Crippen LogP) is 12.5. The zero-order chi connectivity index (χ0) is 37.6. The van der Waals surface area contributed by atoms with Crippen LogP contribution in [0.1, 0.15) is 64.5 Å². The van der Waals surface area contributed by atoms with Gasteiger partial charge in [-0.1, -0.05) is 125 Å². The second-order valence-corrected chi connectivity index (χ2v) is 15.4. The van der Waals surface area contributed by atoms with Crippen LogP contribution in [-0.2, 0) is 0 Å². The molecule has 0 N–H and O–H groups in total. The molecule has 0 radical (unpaired) electrons. The summed E-state index contributed by atoms with van der Waals surface area (Å²) in [4.78, 5) is 2.28. The number of fused-ring (bicyclic) bond motifs is 1. The molecule has 258 valence electrons. The van der Waals surface area contributed by atoms with E-state index in [2.05, 4.69) is 172 Å². The quantitative estimate of drug-likeness (QED) is 0.180. The van der Waals surface area contributed by atoms with Crippen molar-refractivity contribution in [1.29, 1.82) is 21.0 Å². The molecule has 6 rings (SSSR count). The van der Waals surface area contributed by atoms with Crippen molar-refractivity contribution in [3.05, 3.63) is 160 Å². The van der Waals surface area contributed by atoms with Gasteiger partial charge in [-0.25, -0.2) is 0 Å². The minimum Gasteiger partial charge on any atom is -0.310 e. The van der Waals surface area contributed by atoms with Crippen molar-refractivity contribution in [3.63, 3.8) is 0 Å². The molecule has 5 nitrogen and oxygen atoms in total. The summed E-state index contributed by atoms with van der Waals surface area (Å²) in [5, 5.41) is 40.2. The number of benzene rings is 4. The van der Waals surface area contributed by atoms with E-state index in [1.165, 1.54) is 0 Å². The Morgan fingerprint density at radius 3 is 1.42 bits per heavy atom. The topological polar surface area (TPSA) is 98.4 Å². The normalized spacial score (nSPS) is 16.2. The Bertz CT molecular complexity index is 2250. The fraction of sp³-hybridized carbons (Fsp3) is 0.208. The molecule has 0 heterocycles. The Labute approximate surface area is 313 Å².